The third-order valence-electron chi connectivity index (χ3n) is 4.37. The van der Waals surface area contributed by atoms with Crippen molar-refractivity contribution in [2.75, 3.05) is 19.6 Å². The summed E-state index contributed by atoms with van der Waals surface area (Å²) in [6, 6.07) is -0.298. The van der Waals surface area contributed by atoms with Gasteiger partial charge in [0.15, 0.2) is 0 Å². The Hall–Kier alpha value is -1.59. The van der Waals surface area contributed by atoms with Crippen molar-refractivity contribution in [3.63, 3.8) is 0 Å². The van der Waals surface area contributed by atoms with Crippen LogP contribution < -0.4 is 0 Å². The maximum absolute atomic E-state index is 12.3. The smallest absolute Gasteiger partial charge is 0.308 e. The van der Waals surface area contributed by atoms with Gasteiger partial charge in [-0.3, -0.25) is 14.4 Å². The van der Waals surface area contributed by atoms with Gasteiger partial charge in [-0.15, -0.1) is 0 Å². The SMILES string of the molecule is C[C@@H]1[C@H](C(=O)O)CCCN1C(=O)CN1CCCCC1=O. The van der Waals surface area contributed by atoms with Gasteiger partial charge in [-0.05, 0) is 32.6 Å². The molecule has 2 rings (SSSR count). The number of hydrogen-bond acceptors (Lipinski definition) is 3. The molecule has 1 N–H and O–H groups in total. The Bertz CT molecular complexity index is 410. The number of likely N-dealkylation sites (tertiary alicyclic amines) is 2. The lowest BCUT2D eigenvalue weighted by atomic mass is 9.90. The lowest BCUT2D eigenvalue weighted by Crippen LogP contribution is -2.53. The monoisotopic (exact) mass is 282 g/mol. The standard InChI is InChI=1S/C14H22N2O4/c1-10-11(14(19)20)5-4-8-16(10)13(18)9-15-7-3-2-6-12(15)17/h10-11H,2-9H2,1H3,(H,19,20)/t10-,11-/m1/s1. The summed E-state index contributed by atoms with van der Waals surface area (Å²) in [5.41, 5.74) is 0. The van der Waals surface area contributed by atoms with E-state index in [1.807, 2.05) is 0 Å². The zero-order valence-electron chi connectivity index (χ0n) is 11.9. The molecule has 2 aliphatic rings. The summed E-state index contributed by atoms with van der Waals surface area (Å²) in [7, 11) is 0. The average Bonchev–Trinajstić information content (AvgIpc) is 2.41. The summed E-state index contributed by atoms with van der Waals surface area (Å²) >= 11 is 0. The molecule has 2 saturated heterocycles. The van der Waals surface area contributed by atoms with E-state index in [0.29, 0.717) is 32.4 Å². The highest BCUT2D eigenvalue weighted by Crippen LogP contribution is 2.24. The van der Waals surface area contributed by atoms with Crippen molar-refractivity contribution in [1.82, 2.24) is 9.80 Å². The number of nitrogens with zero attached hydrogens (tertiary/aromatic N) is 2. The first-order valence-corrected chi connectivity index (χ1v) is 7.30. The number of aliphatic carboxylic acids is 1. The zero-order chi connectivity index (χ0) is 14.7. The van der Waals surface area contributed by atoms with Crippen LogP contribution >= 0.6 is 0 Å². The number of amides is 2. The minimum absolute atomic E-state index is 0.0315. The van der Waals surface area contributed by atoms with Gasteiger partial charge in [-0.25, -0.2) is 0 Å². The van der Waals surface area contributed by atoms with Crippen LogP contribution in [0.5, 0.6) is 0 Å². The first kappa shape index (κ1) is 14.8. The van der Waals surface area contributed by atoms with Gasteiger partial charge in [0.05, 0.1) is 12.5 Å². The Morgan fingerprint density at radius 3 is 2.65 bits per heavy atom. The molecule has 112 valence electrons. The Kier molecular flexibility index (Phi) is 4.62. The van der Waals surface area contributed by atoms with Gasteiger partial charge in [-0.1, -0.05) is 0 Å². The van der Waals surface area contributed by atoms with Crippen LogP contribution in [0, 0.1) is 5.92 Å². The van der Waals surface area contributed by atoms with Crippen molar-refractivity contribution in [2.45, 2.75) is 45.1 Å². The van der Waals surface area contributed by atoms with Crippen LogP contribution in [0.2, 0.25) is 0 Å². The van der Waals surface area contributed by atoms with Gasteiger partial charge in [0, 0.05) is 25.6 Å². The molecule has 0 unspecified atom stereocenters. The zero-order valence-corrected chi connectivity index (χ0v) is 11.9. The van der Waals surface area contributed by atoms with Gasteiger partial charge < -0.3 is 14.9 Å². The lowest BCUT2D eigenvalue weighted by molar-refractivity contribution is -0.151. The second-order valence-electron chi connectivity index (χ2n) is 5.69. The van der Waals surface area contributed by atoms with Crippen molar-refractivity contribution in [3.05, 3.63) is 0 Å². The summed E-state index contributed by atoms with van der Waals surface area (Å²) in [5.74, 6) is -1.43. The van der Waals surface area contributed by atoms with Gasteiger partial charge in [0.25, 0.3) is 0 Å². The van der Waals surface area contributed by atoms with E-state index in [1.165, 1.54) is 0 Å². The number of carboxylic acid groups (broad SMARTS) is 1. The first-order valence-electron chi connectivity index (χ1n) is 7.30. The van der Waals surface area contributed by atoms with Crippen molar-refractivity contribution in [1.29, 1.82) is 0 Å². The van der Waals surface area contributed by atoms with Crippen LogP contribution in [0.1, 0.15) is 39.0 Å². The average molecular weight is 282 g/mol. The number of carboxylic acids is 1. The van der Waals surface area contributed by atoms with Crippen molar-refractivity contribution in [2.24, 2.45) is 5.92 Å². The molecule has 6 nitrogen and oxygen atoms in total. The highest BCUT2D eigenvalue weighted by molar-refractivity contribution is 5.86. The van der Waals surface area contributed by atoms with E-state index in [9.17, 15) is 14.4 Å². The predicted molar refractivity (Wildman–Crippen MR) is 72.0 cm³/mol. The van der Waals surface area contributed by atoms with Crippen molar-refractivity contribution in [3.8, 4) is 0 Å². The molecule has 2 heterocycles. The molecular weight excluding hydrogens is 260 g/mol. The molecule has 0 aromatic rings. The predicted octanol–water partition coefficient (Wildman–Crippen LogP) is 0.711. The van der Waals surface area contributed by atoms with E-state index >= 15 is 0 Å². The Labute approximate surface area is 118 Å². The van der Waals surface area contributed by atoms with Crippen LogP contribution in [-0.2, 0) is 14.4 Å². The highest BCUT2D eigenvalue weighted by Gasteiger charge is 2.36. The van der Waals surface area contributed by atoms with Gasteiger partial charge in [0.1, 0.15) is 0 Å². The molecule has 2 amide bonds. The van der Waals surface area contributed by atoms with Crippen LogP contribution in [0.15, 0.2) is 0 Å². The molecule has 0 aromatic carbocycles. The number of rotatable bonds is 3. The van der Waals surface area contributed by atoms with Gasteiger partial charge >= 0.3 is 5.97 Å². The Morgan fingerprint density at radius 2 is 2.00 bits per heavy atom. The van der Waals surface area contributed by atoms with E-state index in [0.717, 1.165) is 12.8 Å². The third kappa shape index (κ3) is 3.11. The fourth-order valence-corrected chi connectivity index (χ4v) is 3.11. The minimum atomic E-state index is -0.843. The molecule has 0 aliphatic carbocycles. The molecule has 0 bridgehead atoms. The Morgan fingerprint density at radius 1 is 1.25 bits per heavy atom. The summed E-state index contributed by atoms with van der Waals surface area (Å²) in [4.78, 5) is 38.5. The maximum Gasteiger partial charge on any atom is 0.308 e. The molecule has 2 fully saturated rings. The summed E-state index contributed by atoms with van der Waals surface area (Å²) in [6.45, 7) is 3.10. The quantitative estimate of drug-likeness (QED) is 0.827. The highest BCUT2D eigenvalue weighted by atomic mass is 16.4. The summed E-state index contributed by atoms with van der Waals surface area (Å²) in [6.07, 6.45) is 3.67. The molecule has 20 heavy (non-hydrogen) atoms. The lowest BCUT2D eigenvalue weighted by Gasteiger charge is -2.39. The number of carbonyl (C=O) groups excluding carboxylic acids is 2. The topological polar surface area (TPSA) is 77.9 Å². The molecule has 2 atom stereocenters. The summed E-state index contributed by atoms with van der Waals surface area (Å²) in [5, 5.41) is 9.17. The number of piperidine rings is 2. The largest absolute Gasteiger partial charge is 0.481 e. The van der Waals surface area contributed by atoms with Crippen LogP contribution in [0.3, 0.4) is 0 Å². The fourth-order valence-electron chi connectivity index (χ4n) is 3.11. The summed E-state index contributed by atoms with van der Waals surface area (Å²) < 4.78 is 0. The van der Waals surface area contributed by atoms with E-state index in [2.05, 4.69) is 0 Å². The Balaban J connectivity index is 1.97. The van der Waals surface area contributed by atoms with E-state index in [-0.39, 0.29) is 24.4 Å². The number of hydrogen-bond donors (Lipinski definition) is 1. The molecule has 0 saturated carbocycles. The second kappa shape index (κ2) is 6.24. The number of carbonyl (C=O) groups is 3. The molecule has 6 heteroatoms. The third-order valence-corrected chi connectivity index (χ3v) is 4.37. The molecule has 2 aliphatic heterocycles. The first-order chi connectivity index (χ1) is 9.50. The van der Waals surface area contributed by atoms with Crippen molar-refractivity contribution < 1.29 is 19.5 Å². The van der Waals surface area contributed by atoms with Gasteiger partial charge in [-0.2, -0.15) is 0 Å². The molecule has 0 spiro atoms. The maximum atomic E-state index is 12.3. The van der Waals surface area contributed by atoms with Crippen LogP contribution in [0.25, 0.3) is 0 Å². The molecule has 0 radical (unpaired) electrons. The minimum Gasteiger partial charge on any atom is -0.481 e. The van der Waals surface area contributed by atoms with E-state index < -0.39 is 11.9 Å². The second-order valence-corrected chi connectivity index (χ2v) is 5.69. The molecular formula is C14H22N2O4. The van der Waals surface area contributed by atoms with Crippen LogP contribution in [0.4, 0.5) is 0 Å². The van der Waals surface area contributed by atoms with Crippen molar-refractivity contribution >= 4 is 17.8 Å². The molecule has 0 aromatic heterocycles. The van der Waals surface area contributed by atoms with Gasteiger partial charge in [0.2, 0.25) is 11.8 Å². The van der Waals surface area contributed by atoms with E-state index in [1.54, 1.807) is 16.7 Å². The van der Waals surface area contributed by atoms with E-state index in [4.69, 9.17) is 5.11 Å². The normalized spacial score (nSPS) is 27.6. The van der Waals surface area contributed by atoms with Crippen LogP contribution in [-0.4, -0.2) is 58.4 Å². The fraction of sp³-hybridized carbons (Fsp3) is 0.786.